The standard InChI is InChI=1S/C25H26N2O6/c1-16-14-19(33-26-16)15-32-25(29)21-12-13-23(28)27(17-8-10-18(30-2)11-9-17)24(21)20-6-4-5-7-22(20)31-3/h4-11,14,21,24H,12-13,15H2,1-3H3/t21-,24+/m0/s1. The molecule has 172 valence electrons. The van der Waals surface area contributed by atoms with Gasteiger partial charge in [-0.05, 0) is 43.7 Å². The van der Waals surface area contributed by atoms with Crippen molar-refractivity contribution in [1.82, 2.24) is 5.16 Å². The lowest BCUT2D eigenvalue weighted by atomic mass is 9.83. The van der Waals surface area contributed by atoms with E-state index in [1.165, 1.54) is 0 Å². The van der Waals surface area contributed by atoms with Crippen molar-refractivity contribution >= 4 is 17.6 Å². The molecule has 2 heterocycles. The summed E-state index contributed by atoms with van der Waals surface area (Å²) in [6.07, 6.45) is 0.585. The Hall–Kier alpha value is -3.81. The quantitative estimate of drug-likeness (QED) is 0.498. The molecule has 8 heteroatoms. The van der Waals surface area contributed by atoms with Crippen molar-refractivity contribution in [1.29, 1.82) is 0 Å². The van der Waals surface area contributed by atoms with Gasteiger partial charge in [0.05, 0.1) is 31.9 Å². The molecule has 1 fully saturated rings. The summed E-state index contributed by atoms with van der Waals surface area (Å²) in [5, 5.41) is 3.82. The van der Waals surface area contributed by atoms with Gasteiger partial charge in [0.1, 0.15) is 11.5 Å². The van der Waals surface area contributed by atoms with Crippen LogP contribution in [0.25, 0.3) is 0 Å². The second-order valence-corrected chi connectivity index (χ2v) is 7.84. The topological polar surface area (TPSA) is 91.1 Å². The number of ether oxygens (including phenoxy) is 3. The predicted molar refractivity (Wildman–Crippen MR) is 120 cm³/mol. The highest BCUT2D eigenvalue weighted by Crippen LogP contribution is 2.43. The van der Waals surface area contributed by atoms with Gasteiger partial charge in [-0.25, -0.2) is 0 Å². The summed E-state index contributed by atoms with van der Waals surface area (Å²) in [5.41, 5.74) is 2.11. The van der Waals surface area contributed by atoms with E-state index in [0.717, 1.165) is 5.56 Å². The van der Waals surface area contributed by atoms with E-state index >= 15 is 0 Å². The molecule has 33 heavy (non-hydrogen) atoms. The summed E-state index contributed by atoms with van der Waals surface area (Å²) in [6.45, 7) is 1.78. The van der Waals surface area contributed by atoms with Crippen LogP contribution in [0.1, 0.15) is 35.9 Å². The van der Waals surface area contributed by atoms with Crippen LogP contribution in [0, 0.1) is 12.8 Å². The second kappa shape index (κ2) is 9.77. The van der Waals surface area contributed by atoms with Crippen molar-refractivity contribution in [3.05, 3.63) is 71.6 Å². The fourth-order valence-corrected chi connectivity index (χ4v) is 4.19. The van der Waals surface area contributed by atoms with Crippen molar-refractivity contribution in [3.8, 4) is 11.5 Å². The van der Waals surface area contributed by atoms with Crippen LogP contribution in [0.5, 0.6) is 11.5 Å². The van der Waals surface area contributed by atoms with Gasteiger partial charge in [0.25, 0.3) is 0 Å². The lowest BCUT2D eigenvalue weighted by molar-refractivity contribution is -0.152. The Bertz CT molecular complexity index is 1120. The number of methoxy groups -OCH3 is 2. The molecule has 1 aromatic heterocycles. The van der Waals surface area contributed by atoms with E-state index in [9.17, 15) is 9.59 Å². The number of para-hydroxylation sites is 1. The minimum atomic E-state index is -0.597. The summed E-state index contributed by atoms with van der Waals surface area (Å²) < 4.78 is 21.6. The molecule has 0 unspecified atom stereocenters. The third-order valence-corrected chi connectivity index (χ3v) is 5.74. The first-order valence-electron chi connectivity index (χ1n) is 10.7. The first kappa shape index (κ1) is 22.4. The van der Waals surface area contributed by atoms with Gasteiger partial charge >= 0.3 is 5.97 Å². The molecule has 0 bridgehead atoms. The van der Waals surface area contributed by atoms with Crippen molar-refractivity contribution in [3.63, 3.8) is 0 Å². The number of amides is 1. The molecule has 3 aromatic rings. The number of piperidine rings is 1. The highest BCUT2D eigenvalue weighted by atomic mass is 16.5. The van der Waals surface area contributed by atoms with Crippen LogP contribution >= 0.6 is 0 Å². The van der Waals surface area contributed by atoms with Crippen LogP contribution < -0.4 is 14.4 Å². The second-order valence-electron chi connectivity index (χ2n) is 7.84. The Morgan fingerprint density at radius 2 is 1.88 bits per heavy atom. The molecule has 0 aliphatic carbocycles. The number of benzene rings is 2. The number of anilines is 1. The smallest absolute Gasteiger partial charge is 0.311 e. The zero-order valence-corrected chi connectivity index (χ0v) is 18.8. The number of carbonyl (C=O) groups is 2. The molecule has 1 aliphatic heterocycles. The minimum Gasteiger partial charge on any atom is -0.497 e. The first-order chi connectivity index (χ1) is 16.0. The third kappa shape index (κ3) is 4.69. The van der Waals surface area contributed by atoms with Crippen molar-refractivity contribution in [2.45, 2.75) is 32.4 Å². The summed E-state index contributed by atoms with van der Waals surface area (Å²) in [7, 11) is 3.15. The van der Waals surface area contributed by atoms with Crippen molar-refractivity contribution in [2.75, 3.05) is 19.1 Å². The van der Waals surface area contributed by atoms with E-state index in [-0.39, 0.29) is 18.9 Å². The maximum atomic E-state index is 13.3. The maximum absolute atomic E-state index is 13.3. The van der Waals surface area contributed by atoms with Crippen LogP contribution in [-0.2, 0) is 20.9 Å². The van der Waals surface area contributed by atoms with E-state index in [1.807, 2.05) is 36.4 Å². The minimum absolute atomic E-state index is 0.0225. The maximum Gasteiger partial charge on any atom is 0.311 e. The Balaban J connectivity index is 1.71. The molecular weight excluding hydrogens is 424 g/mol. The summed E-state index contributed by atoms with van der Waals surface area (Å²) in [6, 6.07) is 15.7. The fourth-order valence-electron chi connectivity index (χ4n) is 4.19. The third-order valence-electron chi connectivity index (χ3n) is 5.74. The first-order valence-corrected chi connectivity index (χ1v) is 10.7. The van der Waals surface area contributed by atoms with Crippen molar-refractivity contribution in [2.24, 2.45) is 5.92 Å². The van der Waals surface area contributed by atoms with Gasteiger partial charge in [-0.2, -0.15) is 0 Å². The molecule has 2 atom stereocenters. The molecule has 4 rings (SSSR count). The number of nitrogens with zero attached hydrogens (tertiary/aromatic N) is 2. The molecular formula is C25H26N2O6. The van der Waals surface area contributed by atoms with E-state index in [1.54, 1.807) is 44.2 Å². The molecule has 1 aliphatic rings. The van der Waals surface area contributed by atoms with E-state index in [2.05, 4.69) is 5.16 Å². The molecule has 0 spiro atoms. The van der Waals surface area contributed by atoms with Crippen LogP contribution in [0.4, 0.5) is 5.69 Å². The monoisotopic (exact) mass is 450 g/mol. The van der Waals surface area contributed by atoms with Crippen LogP contribution in [0.15, 0.2) is 59.1 Å². The number of hydrogen-bond donors (Lipinski definition) is 0. The fraction of sp³-hybridized carbons (Fsp3) is 0.320. The van der Waals surface area contributed by atoms with Gasteiger partial charge in [-0.1, -0.05) is 23.4 Å². The number of hydrogen-bond acceptors (Lipinski definition) is 7. The summed E-state index contributed by atoms with van der Waals surface area (Å²) >= 11 is 0. The number of aromatic nitrogens is 1. The van der Waals surface area contributed by atoms with Crippen LogP contribution in [-0.4, -0.2) is 31.3 Å². The summed E-state index contributed by atoms with van der Waals surface area (Å²) in [4.78, 5) is 28.1. The van der Waals surface area contributed by atoms with E-state index in [0.29, 0.717) is 35.1 Å². The zero-order valence-electron chi connectivity index (χ0n) is 18.8. The van der Waals surface area contributed by atoms with E-state index in [4.69, 9.17) is 18.7 Å². The number of esters is 1. The number of rotatable bonds is 7. The Morgan fingerprint density at radius 1 is 1.12 bits per heavy atom. The molecule has 0 saturated carbocycles. The predicted octanol–water partition coefficient (Wildman–Crippen LogP) is 4.23. The largest absolute Gasteiger partial charge is 0.497 e. The van der Waals surface area contributed by atoms with Gasteiger partial charge in [0.2, 0.25) is 5.91 Å². The highest BCUT2D eigenvalue weighted by Gasteiger charge is 2.43. The lowest BCUT2D eigenvalue weighted by Crippen LogP contribution is -2.46. The van der Waals surface area contributed by atoms with Gasteiger partial charge in [-0.15, -0.1) is 0 Å². The Morgan fingerprint density at radius 3 is 2.55 bits per heavy atom. The zero-order chi connectivity index (χ0) is 23.4. The van der Waals surface area contributed by atoms with E-state index < -0.39 is 17.9 Å². The van der Waals surface area contributed by atoms with Gasteiger partial charge in [-0.3, -0.25) is 9.59 Å². The SMILES string of the molecule is COc1ccc(N2C(=O)CC[C@H](C(=O)OCc3cc(C)no3)[C@H]2c2ccccc2OC)cc1. The number of carbonyl (C=O) groups excluding carboxylic acids is 2. The molecule has 1 amide bonds. The summed E-state index contributed by atoms with van der Waals surface area (Å²) in [5.74, 6) is 0.658. The van der Waals surface area contributed by atoms with Crippen molar-refractivity contribution < 1.29 is 28.3 Å². The Kier molecular flexibility index (Phi) is 6.63. The number of aryl methyl sites for hydroxylation is 1. The van der Waals surface area contributed by atoms with Gasteiger partial charge < -0.3 is 23.6 Å². The molecule has 1 saturated heterocycles. The van der Waals surface area contributed by atoms with Gasteiger partial charge in [0, 0.05) is 23.7 Å². The molecule has 8 nitrogen and oxygen atoms in total. The lowest BCUT2D eigenvalue weighted by Gasteiger charge is -2.40. The average molecular weight is 450 g/mol. The normalized spacial score (nSPS) is 18.2. The molecule has 2 aromatic carbocycles. The molecule has 0 N–H and O–H groups in total. The molecule has 0 radical (unpaired) electrons. The average Bonchev–Trinajstić information content (AvgIpc) is 3.27. The highest BCUT2D eigenvalue weighted by molar-refractivity contribution is 5.97. The van der Waals surface area contributed by atoms with Gasteiger partial charge in [0.15, 0.2) is 12.4 Å². The Labute approximate surface area is 192 Å². The van der Waals surface area contributed by atoms with Crippen LogP contribution in [0.3, 0.4) is 0 Å². The van der Waals surface area contributed by atoms with Crippen LogP contribution in [0.2, 0.25) is 0 Å².